The Morgan fingerprint density at radius 3 is 2.95 bits per heavy atom. The fourth-order valence-electron chi connectivity index (χ4n) is 3.15. The Morgan fingerprint density at radius 1 is 1.41 bits per heavy atom. The predicted molar refractivity (Wildman–Crippen MR) is 90.6 cm³/mol. The van der Waals surface area contributed by atoms with Crippen LogP contribution in [0.4, 0.5) is 0 Å². The molecule has 1 aliphatic heterocycles. The van der Waals surface area contributed by atoms with Gasteiger partial charge in [-0.3, -0.25) is 0 Å². The van der Waals surface area contributed by atoms with Crippen molar-refractivity contribution in [2.75, 3.05) is 19.7 Å². The second-order valence-electron chi connectivity index (χ2n) is 5.89. The van der Waals surface area contributed by atoms with E-state index in [1.54, 1.807) is 0 Å². The van der Waals surface area contributed by atoms with Crippen LogP contribution in [0.15, 0.2) is 30.9 Å². The van der Waals surface area contributed by atoms with E-state index in [1.807, 2.05) is 12.1 Å². The number of piperidine rings is 1. The Labute approximate surface area is 132 Å². The van der Waals surface area contributed by atoms with Crippen molar-refractivity contribution in [2.24, 2.45) is 0 Å². The topological polar surface area (TPSA) is 39.1 Å². The van der Waals surface area contributed by atoms with Crippen LogP contribution in [-0.2, 0) is 6.54 Å². The van der Waals surface area contributed by atoms with Gasteiger partial charge in [0.1, 0.15) is 11.6 Å². The van der Waals surface area contributed by atoms with E-state index in [9.17, 15) is 0 Å². The van der Waals surface area contributed by atoms with Gasteiger partial charge in [0, 0.05) is 18.5 Å². The maximum Gasteiger partial charge on any atom is 0.121 e. The van der Waals surface area contributed by atoms with Crippen molar-refractivity contribution in [3.05, 3.63) is 36.7 Å². The third kappa shape index (κ3) is 3.02. The summed E-state index contributed by atoms with van der Waals surface area (Å²) in [5.74, 6) is 2.65. The summed E-state index contributed by atoms with van der Waals surface area (Å²) >= 11 is 0. The summed E-state index contributed by atoms with van der Waals surface area (Å²) < 4.78 is 8.05. The molecule has 0 spiro atoms. The molecule has 0 bridgehead atoms. The molecule has 1 aromatic heterocycles. The summed E-state index contributed by atoms with van der Waals surface area (Å²) in [7, 11) is 0. The molecule has 0 aliphatic carbocycles. The Balaban J connectivity index is 1.98. The normalized spacial score (nSPS) is 16.0. The maximum atomic E-state index is 5.74. The standard InChI is InChI=1S/C18H25N3O/c1-3-11-21-17-6-5-15(22-12-4-2)13-16(17)20-18(21)14-7-9-19-10-8-14/h3,5-6,13-14,19H,1,4,7-12H2,2H3. The van der Waals surface area contributed by atoms with E-state index >= 15 is 0 Å². The average Bonchev–Trinajstić information content (AvgIpc) is 2.92. The molecule has 4 nitrogen and oxygen atoms in total. The van der Waals surface area contributed by atoms with E-state index in [2.05, 4.69) is 35.5 Å². The Morgan fingerprint density at radius 2 is 2.23 bits per heavy atom. The van der Waals surface area contributed by atoms with Gasteiger partial charge in [-0.1, -0.05) is 13.0 Å². The quantitative estimate of drug-likeness (QED) is 0.830. The Hall–Kier alpha value is -1.81. The van der Waals surface area contributed by atoms with E-state index in [0.29, 0.717) is 5.92 Å². The van der Waals surface area contributed by atoms with Crippen molar-refractivity contribution in [2.45, 2.75) is 38.6 Å². The van der Waals surface area contributed by atoms with Gasteiger partial charge >= 0.3 is 0 Å². The largest absolute Gasteiger partial charge is 0.494 e. The number of fused-ring (bicyclic) bond motifs is 1. The van der Waals surface area contributed by atoms with Gasteiger partial charge in [-0.05, 0) is 44.5 Å². The first-order valence-electron chi connectivity index (χ1n) is 8.28. The lowest BCUT2D eigenvalue weighted by Crippen LogP contribution is -2.28. The third-order valence-corrected chi connectivity index (χ3v) is 4.24. The molecular formula is C18H25N3O. The Bertz CT molecular complexity index is 641. The first-order valence-corrected chi connectivity index (χ1v) is 8.28. The molecule has 22 heavy (non-hydrogen) atoms. The predicted octanol–water partition coefficient (Wildman–Crippen LogP) is 3.48. The van der Waals surface area contributed by atoms with Crippen LogP contribution in [0.3, 0.4) is 0 Å². The number of benzene rings is 1. The van der Waals surface area contributed by atoms with Crippen molar-refractivity contribution in [1.29, 1.82) is 0 Å². The molecule has 4 heteroatoms. The molecule has 118 valence electrons. The number of aromatic nitrogens is 2. The van der Waals surface area contributed by atoms with E-state index in [-0.39, 0.29) is 0 Å². The van der Waals surface area contributed by atoms with Gasteiger partial charge in [0.25, 0.3) is 0 Å². The van der Waals surface area contributed by atoms with Crippen LogP contribution in [0, 0.1) is 0 Å². The third-order valence-electron chi connectivity index (χ3n) is 4.24. The van der Waals surface area contributed by atoms with Crippen LogP contribution in [0.2, 0.25) is 0 Å². The molecule has 1 aliphatic rings. The molecular weight excluding hydrogens is 274 g/mol. The SMILES string of the molecule is C=CCn1c(C2CCNCC2)nc2cc(OCCC)ccc21. The van der Waals surface area contributed by atoms with Gasteiger partial charge in [0.05, 0.1) is 17.6 Å². The zero-order valence-electron chi connectivity index (χ0n) is 13.3. The lowest BCUT2D eigenvalue weighted by Gasteiger charge is -2.22. The molecule has 0 amide bonds. The molecule has 1 fully saturated rings. The first-order chi connectivity index (χ1) is 10.8. The highest BCUT2D eigenvalue weighted by molar-refractivity contribution is 5.78. The Kier molecular flexibility index (Phi) is 4.78. The molecule has 1 N–H and O–H groups in total. The number of nitrogens with one attached hydrogen (secondary N) is 1. The van der Waals surface area contributed by atoms with Gasteiger partial charge in [-0.25, -0.2) is 4.98 Å². The highest BCUT2D eigenvalue weighted by Gasteiger charge is 2.22. The van der Waals surface area contributed by atoms with Gasteiger partial charge < -0.3 is 14.6 Å². The van der Waals surface area contributed by atoms with Crippen molar-refractivity contribution in [3.8, 4) is 5.75 Å². The van der Waals surface area contributed by atoms with Crippen molar-refractivity contribution < 1.29 is 4.74 Å². The van der Waals surface area contributed by atoms with Gasteiger partial charge in [-0.2, -0.15) is 0 Å². The van der Waals surface area contributed by atoms with E-state index in [0.717, 1.165) is 56.8 Å². The van der Waals surface area contributed by atoms with E-state index < -0.39 is 0 Å². The number of nitrogens with zero attached hydrogens (tertiary/aromatic N) is 2. The molecule has 3 rings (SSSR count). The average molecular weight is 299 g/mol. The molecule has 0 radical (unpaired) electrons. The molecule has 1 saturated heterocycles. The monoisotopic (exact) mass is 299 g/mol. The molecule has 0 saturated carbocycles. The number of rotatable bonds is 6. The zero-order valence-corrected chi connectivity index (χ0v) is 13.3. The van der Waals surface area contributed by atoms with Crippen LogP contribution in [0.5, 0.6) is 5.75 Å². The minimum Gasteiger partial charge on any atom is -0.494 e. The fraction of sp³-hybridized carbons (Fsp3) is 0.500. The van der Waals surface area contributed by atoms with E-state index in [4.69, 9.17) is 9.72 Å². The van der Waals surface area contributed by atoms with Crippen LogP contribution in [0.1, 0.15) is 37.9 Å². The van der Waals surface area contributed by atoms with Gasteiger partial charge in [-0.15, -0.1) is 6.58 Å². The second-order valence-corrected chi connectivity index (χ2v) is 5.89. The number of hydrogen-bond donors (Lipinski definition) is 1. The summed E-state index contributed by atoms with van der Waals surface area (Å²) in [5, 5.41) is 3.42. The van der Waals surface area contributed by atoms with Crippen LogP contribution in [0.25, 0.3) is 11.0 Å². The summed E-state index contributed by atoms with van der Waals surface area (Å²) in [6.07, 6.45) is 5.27. The molecule has 1 aromatic carbocycles. The van der Waals surface area contributed by atoms with E-state index in [1.165, 1.54) is 11.3 Å². The summed E-state index contributed by atoms with van der Waals surface area (Å²) in [6.45, 7) is 9.73. The summed E-state index contributed by atoms with van der Waals surface area (Å²) in [6, 6.07) is 6.24. The number of ether oxygens (including phenoxy) is 1. The smallest absolute Gasteiger partial charge is 0.121 e. The first kappa shape index (κ1) is 15.1. The second kappa shape index (κ2) is 6.97. The zero-order chi connectivity index (χ0) is 15.4. The van der Waals surface area contributed by atoms with Gasteiger partial charge in [0.15, 0.2) is 0 Å². The van der Waals surface area contributed by atoms with Crippen LogP contribution < -0.4 is 10.1 Å². The lowest BCUT2D eigenvalue weighted by atomic mass is 9.97. The van der Waals surface area contributed by atoms with Crippen LogP contribution in [-0.4, -0.2) is 29.2 Å². The molecule has 2 aromatic rings. The molecule has 0 atom stereocenters. The lowest BCUT2D eigenvalue weighted by molar-refractivity contribution is 0.318. The van der Waals surface area contributed by atoms with Gasteiger partial charge in [0.2, 0.25) is 0 Å². The van der Waals surface area contributed by atoms with Crippen molar-refractivity contribution >= 4 is 11.0 Å². The number of hydrogen-bond acceptors (Lipinski definition) is 3. The molecule has 0 unspecified atom stereocenters. The minimum atomic E-state index is 0.536. The summed E-state index contributed by atoms with van der Waals surface area (Å²) in [4.78, 5) is 4.93. The van der Waals surface area contributed by atoms with Crippen molar-refractivity contribution in [3.63, 3.8) is 0 Å². The maximum absolute atomic E-state index is 5.74. The highest BCUT2D eigenvalue weighted by atomic mass is 16.5. The highest BCUT2D eigenvalue weighted by Crippen LogP contribution is 2.30. The fourth-order valence-corrected chi connectivity index (χ4v) is 3.15. The van der Waals surface area contributed by atoms with Crippen molar-refractivity contribution in [1.82, 2.24) is 14.9 Å². The number of imidazole rings is 1. The van der Waals surface area contributed by atoms with Crippen LogP contribution >= 0.6 is 0 Å². The summed E-state index contributed by atoms with van der Waals surface area (Å²) in [5.41, 5.74) is 2.21. The number of allylic oxidation sites excluding steroid dienone is 1. The molecule has 2 heterocycles. The minimum absolute atomic E-state index is 0.536.